The molecule has 0 saturated heterocycles. The molecule has 1 aromatic rings. The standard InChI is InChI=1S/C9H7Br2NO4/c1-16-9(13)5-2-3-6(8(10)11)7(4-5)12(14)15/h2-4,8H,1H3. The van der Waals surface area contributed by atoms with Gasteiger partial charge in [0.05, 0.1) is 23.2 Å². The van der Waals surface area contributed by atoms with Crippen LogP contribution in [0.4, 0.5) is 5.69 Å². The lowest BCUT2D eigenvalue weighted by atomic mass is 10.1. The average molecular weight is 353 g/mol. The maximum absolute atomic E-state index is 11.2. The number of benzene rings is 1. The maximum Gasteiger partial charge on any atom is 0.338 e. The summed E-state index contributed by atoms with van der Waals surface area (Å²) in [6.07, 6.45) is 0. The summed E-state index contributed by atoms with van der Waals surface area (Å²) in [6, 6.07) is 4.17. The number of carbonyl (C=O) groups is 1. The molecule has 1 aromatic carbocycles. The molecule has 0 aromatic heterocycles. The Morgan fingerprint density at radius 3 is 2.56 bits per heavy atom. The molecule has 7 heteroatoms. The molecule has 86 valence electrons. The van der Waals surface area contributed by atoms with E-state index in [1.165, 1.54) is 25.3 Å². The zero-order valence-corrected chi connectivity index (χ0v) is 11.3. The van der Waals surface area contributed by atoms with E-state index in [2.05, 4.69) is 36.6 Å². The Kier molecular flexibility index (Phi) is 4.43. The number of rotatable bonds is 3. The predicted octanol–water partition coefficient (Wildman–Crippen LogP) is 3.17. The molecule has 0 amide bonds. The number of alkyl halides is 2. The van der Waals surface area contributed by atoms with Crippen molar-refractivity contribution in [3.63, 3.8) is 0 Å². The highest BCUT2D eigenvalue weighted by molar-refractivity contribution is 9.24. The van der Waals surface area contributed by atoms with Crippen LogP contribution in [0, 0.1) is 10.1 Å². The van der Waals surface area contributed by atoms with Gasteiger partial charge in [0.15, 0.2) is 0 Å². The van der Waals surface area contributed by atoms with E-state index in [0.717, 1.165) is 0 Å². The zero-order chi connectivity index (χ0) is 12.3. The van der Waals surface area contributed by atoms with Crippen molar-refractivity contribution in [2.45, 2.75) is 3.74 Å². The van der Waals surface area contributed by atoms with Gasteiger partial charge in [-0.1, -0.05) is 31.9 Å². The molecule has 0 fully saturated rings. The SMILES string of the molecule is COC(=O)c1ccc(C(Br)Br)c([N+](=O)[O-])c1. The summed E-state index contributed by atoms with van der Waals surface area (Å²) in [5.74, 6) is -0.602. The number of ether oxygens (including phenoxy) is 1. The van der Waals surface area contributed by atoms with E-state index in [1.54, 1.807) is 0 Å². The van der Waals surface area contributed by atoms with Gasteiger partial charge in [-0.2, -0.15) is 0 Å². The molecule has 1 rings (SSSR count). The van der Waals surface area contributed by atoms with Gasteiger partial charge in [-0.15, -0.1) is 0 Å². The van der Waals surface area contributed by atoms with Crippen molar-refractivity contribution in [1.82, 2.24) is 0 Å². The third-order valence-corrected chi connectivity index (χ3v) is 2.87. The highest BCUT2D eigenvalue weighted by Crippen LogP contribution is 2.36. The molecule has 0 N–H and O–H groups in total. The van der Waals surface area contributed by atoms with Crippen molar-refractivity contribution in [3.05, 3.63) is 39.4 Å². The number of hydrogen-bond acceptors (Lipinski definition) is 4. The molecule has 16 heavy (non-hydrogen) atoms. The van der Waals surface area contributed by atoms with Gasteiger partial charge in [0, 0.05) is 6.07 Å². The normalized spacial score (nSPS) is 10.2. The number of nitro benzene ring substituents is 1. The fraction of sp³-hybridized carbons (Fsp3) is 0.222. The largest absolute Gasteiger partial charge is 0.465 e. The fourth-order valence-corrected chi connectivity index (χ4v) is 1.91. The minimum Gasteiger partial charge on any atom is -0.465 e. The Morgan fingerprint density at radius 2 is 2.12 bits per heavy atom. The predicted molar refractivity (Wildman–Crippen MR) is 65.0 cm³/mol. The monoisotopic (exact) mass is 351 g/mol. The van der Waals surface area contributed by atoms with Crippen LogP contribution >= 0.6 is 31.9 Å². The minimum absolute atomic E-state index is 0.137. The van der Waals surface area contributed by atoms with Crippen LogP contribution in [-0.2, 0) is 4.74 Å². The maximum atomic E-state index is 11.2. The molecule has 0 bridgehead atoms. The lowest BCUT2D eigenvalue weighted by Crippen LogP contribution is -2.03. The van der Waals surface area contributed by atoms with Crippen molar-refractivity contribution in [1.29, 1.82) is 0 Å². The van der Waals surface area contributed by atoms with Crippen molar-refractivity contribution in [3.8, 4) is 0 Å². The van der Waals surface area contributed by atoms with E-state index in [-0.39, 0.29) is 15.0 Å². The lowest BCUT2D eigenvalue weighted by molar-refractivity contribution is -0.385. The first-order valence-electron chi connectivity index (χ1n) is 4.12. The summed E-state index contributed by atoms with van der Waals surface area (Å²) >= 11 is 6.35. The first-order valence-corrected chi connectivity index (χ1v) is 5.95. The second kappa shape index (κ2) is 5.40. The first-order chi connectivity index (χ1) is 7.47. The molecule has 0 heterocycles. The van der Waals surface area contributed by atoms with Gasteiger partial charge in [-0.05, 0) is 12.1 Å². The third-order valence-electron chi connectivity index (χ3n) is 1.88. The number of hydrogen-bond donors (Lipinski definition) is 0. The third kappa shape index (κ3) is 2.79. The average Bonchev–Trinajstić information content (AvgIpc) is 2.26. The molecule has 0 aliphatic carbocycles. The molecular weight excluding hydrogens is 346 g/mol. The Balaban J connectivity index is 3.28. The van der Waals surface area contributed by atoms with Gasteiger partial charge < -0.3 is 4.74 Å². The van der Waals surface area contributed by atoms with Crippen LogP contribution in [0.2, 0.25) is 0 Å². The Morgan fingerprint density at radius 1 is 1.50 bits per heavy atom. The molecular formula is C9H7Br2NO4. The molecule has 0 aliphatic heterocycles. The van der Waals surface area contributed by atoms with E-state index in [9.17, 15) is 14.9 Å². The Hall–Kier alpha value is -0.950. The van der Waals surface area contributed by atoms with Gasteiger partial charge in [0.1, 0.15) is 3.74 Å². The summed E-state index contributed by atoms with van der Waals surface area (Å²) < 4.78 is 4.15. The van der Waals surface area contributed by atoms with Gasteiger partial charge in [0.25, 0.3) is 5.69 Å². The summed E-state index contributed by atoms with van der Waals surface area (Å²) in [4.78, 5) is 21.5. The lowest BCUT2D eigenvalue weighted by Gasteiger charge is -2.05. The van der Waals surface area contributed by atoms with Crippen molar-refractivity contribution in [2.75, 3.05) is 7.11 Å². The van der Waals surface area contributed by atoms with E-state index >= 15 is 0 Å². The van der Waals surface area contributed by atoms with Crippen LogP contribution in [0.1, 0.15) is 19.7 Å². The summed E-state index contributed by atoms with van der Waals surface area (Å²) in [6.45, 7) is 0. The van der Waals surface area contributed by atoms with Gasteiger partial charge in [0.2, 0.25) is 0 Å². The smallest absolute Gasteiger partial charge is 0.338 e. The number of carbonyl (C=O) groups excluding carboxylic acids is 1. The molecule has 0 radical (unpaired) electrons. The van der Waals surface area contributed by atoms with E-state index < -0.39 is 10.9 Å². The number of nitro groups is 1. The fourth-order valence-electron chi connectivity index (χ4n) is 1.13. The number of nitrogens with zero attached hydrogens (tertiary/aromatic N) is 1. The van der Waals surface area contributed by atoms with E-state index in [4.69, 9.17) is 0 Å². The van der Waals surface area contributed by atoms with Crippen LogP contribution in [0.25, 0.3) is 0 Å². The number of halogens is 2. The second-order valence-corrected chi connectivity index (χ2v) is 5.88. The Bertz CT molecular complexity index is 434. The molecule has 5 nitrogen and oxygen atoms in total. The molecule has 0 atom stereocenters. The first kappa shape index (κ1) is 13.1. The summed E-state index contributed by atoms with van der Waals surface area (Å²) in [7, 11) is 1.22. The van der Waals surface area contributed by atoms with E-state index in [0.29, 0.717) is 5.56 Å². The van der Waals surface area contributed by atoms with Crippen LogP contribution in [0.5, 0.6) is 0 Å². The van der Waals surface area contributed by atoms with Gasteiger partial charge in [-0.3, -0.25) is 10.1 Å². The Labute approximate surface area is 108 Å². The molecule has 0 unspecified atom stereocenters. The topological polar surface area (TPSA) is 69.4 Å². The number of methoxy groups -OCH3 is 1. The molecule has 0 spiro atoms. The van der Waals surface area contributed by atoms with Crippen LogP contribution in [0.15, 0.2) is 18.2 Å². The van der Waals surface area contributed by atoms with E-state index in [1.807, 2.05) is 0 Å². The minimum atomic E-state index is -0.602. The van der Waals surface area contributed by atoms with Crippen molar-refractivity contribution in [2.24, 2.45) is 0 Å². The summed E-state index contributed by atoms with van der Waals surface area (Å²) in [5, 5.41) is 10.8. The molecule has 0 aliphatic rings. The zero-order valence-electron chi connectivity index (χ0n) is 8.15. The number of esters is 1. The van der Waals surface area contributed by atoms with Gasteiger partial charge >= 0.3 is 5.97 Å². The highest BCUT2D eigenvalue weighted by atomic mass is 79.9. The van der Waals surface area contributed by atoms with Crippen molar-refractivity contribution >= 4 is 43.5 Å². The quantitative estimate of drug-likeness (QED) is 0.362. The van der Waals surface area contributed by atoms with Crippen molar-refractivity contribution < 1.29 is 14.5 Å². The van der Waals surface area contributed by atoms with Crippen LogP contribution in [0.3, 0.4) is 0 Å². The van der Waals surface area contributed by atoms with Crippen LogP contribution in [-0.4, -0.2) is 18.0 Å². The van der Waals surface area contributed by atoms with Gasteiger partial charge in [-0.25, -0.2) is 4.79 Å². The molecule has 0 saturated carbocycles. The highest BCUT2D eigenvalue weighted by Gasteiger charge is 2.20. The van der Waals surface area contributed by atoms with Crippen LogP contribution < -0.4 is 0 Å². The summed E-state index contributed by atoms with van der Waals surface area (Å²) in [5.41, 5.74) is 0.456. The second-order valence-electron chi connectivity index (χ2n) is 2.82.